The molecule has 1 aromatic heterocycles. The topological polar surface area (TPSA) is 48.1 Å². The van der Waals surface area contributed by atoms with Crippen molar-refractivity contribution in [3.05, 3.63) is 83.4 Å². The zero-order chi connectivity index (χ0) is 22.7. The summed E-state index contributed by atoms with van der Waals surface area (Å²) in [4.78, 5) is 17.0. The van der Waals surface area contributed by atoms with Gasteiger partial charge >= 0.3 is 6.18 Å². The Kier molecular flexibility index (Phi) is 6.21. The van der Waals surface area contributed by atoms with Gasteiger partial charge in [0.1, 0.15) is 18.1 Å². The lowest BCUT2D eigenvalue weighted by Gasteiger charge is -2.35. The van der Waals surface area contributed by atoms with Crippen molar-refractivity contribution in [3.8, 4) is 0 Å². The molecule has 168 valence electrons. The maximum atomic E-state index is 13.4. The van der Waals surface area contributed by atoms with E-state index in [-0.39, 0.29) is 17.9 Å². The maximum Gasteiger partial charge on any atom is 0.406 e. The summed E-state index contributed by atoms with van der Waals surface area (Å²) < 4.78 is 53.5. The second-order valence-corrected chi connectivity index (χ2v) is 7.97. The van der Waals surface area contributed by atoms with Crippen molar-refractivity contribution in [1.82, 2.24) is 15.2 Å². The minimum atomic E-state index is -4.52. The Balaban J connectivity index is 1.51. The van der Waals surface area contributed by atoms with Crippen molar-refractivity contribution in [1.29, 1.82) is 0 Å². The van der Waals surface area contributed by atoms with Crippen LogP contribution in [0.4, 0.5) is 17.6 Å². The fraction of sp³-hybridized carbons (Fsp3) is 0.292. The van der Waals surface area contributed by atoms with E-state index in [1.165, 1.54) is 12.1 Å². The Labute approximate surface area is 182 Å². The number of halogens is 4. The molecule has 0 radical (unpaired) electrons. The molecule has 0 fully saturated rings. The molecule has 0 spiro atoms. The van der Waals surface area contributed by atoms with Crippen LogP contribution >= 0.6 is 0 Å². The van der Waals surface area contributed by atoms with Gasteiger partial charge < -0.3 is 15.2 Å². The summed E-state index contributed by atoms with van der Waals surface area (Å²) in [5, 5.41) is 3.95. The number of para-hydroxylation sites is 1. The molecule has 1 aliphatic rings. The number of nitrogens with zero attached hydrogens (tertiary/aromatic N) is 1. The second-order valence-electron chi connectivity index (χ2n) is 7.97. The van der Waals surface area contributed by atoms with E-state index in [1.807, 2.05) is 6.08 Å². The number of aromatic amines is 1. The molecule has 32 heavy (non-hydrogen) atoms. The smallest absolute Gasteiger partial charge is 0.384 e. The molecular weight excluding hydrogens is 422 g/mol. The van der Waals surface area contributed by atoms with E-state index < -0.39 is 24.7 Å². The van der Waals surface area contributed by atoms with Gasteiger partial charge in [-0.25, -0.2) is 4.39 Å². The highest BCUT2D eigenvalue weighted by atomic mass is 19.4. The molecule has 1 amide bonds. The van der Waals surface area contributed by atoms with Crippen LogP contribution in [0, 0.1) is 5.82 Å². The maximum absolute atomic E-state index is 13.4. The average molecular weight is 445 g/mol. The zero-order valence-corrected chi connectivity index (χ0v) is 17.3. The fourth-order valence-corrected chi connectivity index (χ4v) is 4.07. The molecule has 0 saturated heterocycles. The van der Waals surface area contributed by atoms with Crippen LogP contribution in [0.3, 0.4) is 0 Å². The summed E-state index contributed by atoms with van der Waals surface area (Å²) in [5.74, 6) is -1.02. The van der Waals surface area contributed by atoms with E-state index >= 15 is 0 Å². The number of allylic oxidation sites excluding steroid dienone is 1. The summed E-state index contributed by atoms with van der Waals surface area (Å²) in [7, 11) is 0. The Morgan fingerprint density at radius 2 is 1.94 bits per heavy atom. The van der Waals surface area contributed by atoms with Crippen LogP contribution in [-0.2, 0) is 6.54 Å². The third kappa shape index (κ3) is 5.30. The second kappa shape index (κ2) is 9.06. The normalized spacial score (nSPS) is 16.6. The Morgan fingerprint density at radius 1 is 1.12 bits per heavy atom. The van der Waals surface area contributed by atoms with E-state index in [4.69, 9.17) is 0 Å². The van der Waals surface area contributed by atoms with Gasteiger partial charge in [-0.3, -0.25) is 4.79 Å². The van der Waals surface area contributed by atoms with Crippen molar-refractivity contribution in [2.24, 2.45) is 0 Å². The van der Waals surface area contributed by atoms with E-state index in [9.17, 15) is 22.4 Å². The number of alkyl halides is 3. The highest BCUT2D eigenvalue weighted by molar-refractivity contribution is 5.98. The fourth-order valence-electron chi connectivity index (χ4n) is 4.07. The minimum absolute atomic E-state index is 0.138. The first-order chi connectivity index (χ1) is 15.3. The molecule has 8 heteroatoms. The predicted molar refractivity (Wildman–Crippen MR) is 114 cm³/mol. The lowest BCUT2D eigenvalue weighted by atomic mass is 9.96. The van der Waals surface area contributed by atoms with Gasteiger partial charge in [-0.2, -0.15) is 13.2 Å². The minimum Gasteiger partial charge on any atom is -0.384 e. The quantitative estimate of drug-likeness (QED) is 0.490. The molecule has 1 aliphatic carbocycles. The molecule has 4 rings (SSSR count). The standard InChI is InChI=1S/C24H23F4N3O/c25-18-7-3-5-16(11-18)14-29-19-8-4-9-20(13-19)31(15-24(26,27)28)23(32)22-12-17-6-1-2-10-21(17)30-22/h1-3,5-8,10-12,20,29-30H,4,9,13-15H2/t20-/m0/s1. The number of fused-ring (bicyclic) bond motifs is 1. The summed E-state index contributed by atoms with van der Waals surface area (Å²) in [5.41, 5.74) is 2.32. The third-order valence-corrected chi connectivity index (χ3v) is 5.57. The van der Waals surface area contributed by atoms with Crippen LogP contribution < -0.4 is 5.32 Å². The lowest BCUT2D eigenvalue weighted by Crippen LogP contribution is -2.47. The summed E-state index contributed by atoms with van der Waals surface area (Å²) in [6.07, 6.45) is -1.33. The van der Waals surface area contributed by atoms with Crippen molar-refractivity contribution in [2.45, 2.75) is 38.0 Å². The molecule has 0 saturated carbocycles. The number of carbonyl (C=O) groups is 1. The molecule has 2 N–H and O–H groups in total. The van der Waals surface area contributed by atoms with Gasteiger partial charge in [0.25, 0.3) is 5.91 Å². The molecule has 3 aromatic rings. The molecule has 1 atom stereocenters. The summed E-state index contributed by atoms with van der Waals surface area (Å²) in [6.45, 7) is -0.964. The molecule has 0 aliphatic heterocycles. The van der Waals surface area contributed by atoms with Crippen LogP contribution in [0.2, 0.25) is 0 Å². The first kappa shape index (κ1) is 21.9. The SMILES string of the molecule is O=C(c1cc2ccccc2[nH]1)N(CC(F)(F)F)[C@H]1CCC=C(NCc2cccc(F)c2)C1. The van der Waals surface area contributed by atoms with Gasteiger partial charge in [0.2, 0.25) is 0 Å². The number of nitrogens with one attached hydrogen (secondary N) is 2. The van der Waals surface area contributed by atoms with E-state index in [0.717, 1.165) is 21.5 Å². The van der Waals surface area contributed by atoms with Crippen molar-refractivity contribution in [2.75, 3.05) is 6.54 Å². The van der Waals surface area contributed by atoms with Crippen LogP contribution in [0.5, 0.6) is 0 Å². The number of benzene rings is 2. The van der Waals surface area contributed by atoms with Gasteiger partial charge in [0, 0.05) is 35.6 Å². The van der Waals surface area contributed by atoms with Gasteiger partial charge in [0.15, 0.2) is 0 Å². The number of carbonyl (C=O) groups excluding carboxylic acids is 1. The van der Waals surface area contributed by atoms with Gasteiger partial charge in [-0.05, 0) is 42.7 Å². The Hall–Kier alpha value is -3.29. The molecule has 4 nitrogen and oxygen atoms in total. The monoisotopic (exact) mass is 445 g/mol. The molecule has 2 aromatic carbocycles. The van der Waals surface area contributed by atoms with E-state index in [2.05, 4.69) is 10.3 Å². The first-order valence-corrected chi connectivity index (χ1v) is 10.4. The largest absolute Gasteiger partial charge is 0.406 e. The zero-order valence-electron chi connectivity index (χ0n) is 17.3. The summed E-state index contributed by atoms with van der Waals surface area (Å²) >= 11 is 0. The molecule has 1 heterocycles. The number of hydrogen-bond donors (Lipinski definition) is 2. The predicted octanol–water partition coefficient (Wildman–Crippen LogP) is 5.54. The Morgan fingerprint density at radius 3 is 2.69 bits per heavy atom. The Bertz CT molecular complexity index is 1100. The number of rotatable bonds is 6. The molecule has 0 unspecified atom stereocenters. The first-order valence-electron chi connectivity index (χ1n) is 10.4. The lowest BCUT2D eigenvalue weighted by molar-refractivity contribution is -0.145. The van der Waals surface area contributed by atoms with Crippen molar-refractivity contribution >= 4 is 16.8 Å². The van der Waals surface area contributed by atoms with Crippen molar-refractivity contribution in [3.63, 3.8) is 0 Å². The highest BCUT2D eigenvalue weighted by Gasteiger charge is 2.38. The number of aromatic nitrogens is 1. The van der Waals surface area contributed by atoms with Crippen molar-refractivity contribution < 1.29 is 22.4 Å². The number of amides is 1. The van der Waals surface area contributed by atoms with Crippen LogP contribution in [0.25, 0.3) is 10.9 Å². The van der Waals surface area contributed by atoms with Crippen LogP contribution in [-0.4, -0.2) is 34.6 Å². The van der Waals surface area contributed by atoms with E-state index in [1.54, 1.807) is 42.5 Å². The molecular formula is C24H23F4N3O. The van der Waals surface area contributed by atoms with E-state index in [0.29, 0.717) is 24.9 Å². The number of H-pyrrole nitrogens is 1. The average Bonchev–Trinajstić information content (AvgIpc) is 3.20. The summed E-state index contributed by atoms with van der Waals surface area (Å²) in [6, 6.07) is 14.3. The van der Waals surface area contributed by atoms with Gasteiger partial charge in [0.05, 0.1) is 0 Å². The van der Waals surface area contributed by atoms with Crippen LogP contribution in [0.15, 0.2) is 66.4 Å². The van der Waals surface area contributed by atoms with Gasteiger partial charge in [-0.1, -0.05) is 36.4 Å². The van der Waals surface area contributed by atoms with Crippen LogP contribution in [0.1, 0.15) is 35.3 Å². The molecule has 0 bridgehead atoms. The number of hydrogen-bond acceptors (Lipinski definition) is 2. The third-order valence-electron chi connectivity index (χ3n) is 5.57. The highest BCUT2D eigenvalue weighted by Crippen LogP contribution is 2.28. The van der Waals surface area contributed by atoms with Gasteiger partial charge in [-0.15, -0.1) is 0 Å².